The maximum absolute atomic E-state index is 12.2. The number of rotatable bonds is 10. The highest BCUT2D eigenvalue weighted by Gasteiger charge is 2.28. The molecule has 0 unspecified atom stereocenters. The van der Waals surface area contributed by atoms with Gasteiger partial charge in [0.1, 0.15) is 11.5 Å². The number of halogens is 3. The fraction of sp³-hybridized carbons (Fsp3) is 0.350. The van der Waals surface area contributed by atoms with Gasteiger partial charge in [-0.05, 0) is 42.7 Å². The number of ether oxygens (including phenoxy) is 2. The molecule has 2 rings (SSSR count). The van der Waals surface area contributed by atoms with E-state index in [1.54, 1.807) is 25.1 Å². The van der Waals surface area contributed by atoms with Gasteiger partial charge in [0.25, 0.3) is 5.91 Å². The van der Waals surface area contributed by atoms with Crippen LogP contribution in [-0.4, -0.2) is 36.1 Å². The summed E-state index contributed by atoms with van der Waals surface area (Å²) in [6.07, 6.45) is -2.02. The third-order valence-electron chi connectivity index (χ3n) is 3.73. The Morgan fingerprint density at radius 2 is 1.79 bits per heavy atom. The number of pyridine rings is 1. The molecule has 1 N–H and O–H groups in total. The van der Waals surface area contributed by atoms with Crippen LogP contribution in [0.2, 0.25) is 0 Å². The van der Waals surface area contributed by atoms with Crippen molar-refractivity contribution < 1.29 is 32.2 Å². The predicted molar refractivity (Wildman–Crippen MR) is 98.6 cm³/mol. The average molecular weight is 410 g/mol. The number of aryl methyl sites for hydroxylation is 1. The van der Waals surface area contributed by atoms with Crippen molar-refractivity contribution >= 4 is 11.7 Å². The van der Waals surface area contributed by atoms with Crippen molar-refractivity contribution in [2.75, 3.05) is 13.2 Å². The molecule has 0 saturated carbocycles. The molecule has 1 aromatic carbocycles. The van der Waals surface area contributed by atoms with E-state index in [-0.39, 0.29) is 30.7 Å². The molecule has 0 atom stereocenters. The third kappa shape index (κ3) is 9.09. The highest BCUT2D eigenvalue weighted by Crippen LogP contribution is 2.17. The van der Waals surface area contributed by atoms with E-state index >= 15 is 0 Å². The second-order valence-electron chi connectivity index (χ2n) is 6.32. The molecule has 0 bridgehead atoms. The van der Waals surface area contributed by atoms with E-state index in [2.05, 4.69) is 15.0 Å². The number of amides is 1. The molecule has 0 fully saturated rings. The largest absolute Gasteiger partial charge is 0.484 e. The van der Waals surface area contributed by atoms with Gasteiger partial charge >= 0.3 is 6.18 Å². The fourth-order valence-corrected chi connectivity index (χ4v) is 2.27. The van der Waals surface area contributed by atoms with Gasteiger partial charge in [-0.2, -0.15) is 13.2 Å². The van der Waals surface area contributed by atoms with Gasteiger partial charge in [0.05, 0.1) is 0 Å². The second-order valence-corrected chi connectivity index (χ2v) is 6.32. The summed E-state index contributed by atoms with van der Waals surface area (Å²) in [5.41, 5.74) is 1.54. The zero-order chi connectivity index (χ0) is 21.3. The van der Waals surface area contributed by atoms with Crippen LogP contribution in [0.3, 0.4) is 0 Å². The van der Waals surface area contributed by atoms with Crippen molar-refractivity contribution in [3.8, 4) is 11.6 Å². The van der Waals surface area contributed by atoms with Crippen LogP contribution in [0.1, 0.15) is 24.5 Å². The number of aromatic nitrogens is 1. The van der Waals surface area contributed by atoms with E-state index < -0.39 is 12.8 Å². The molecule has 0 aliphatic heterocycles. The average Bonchev–Trinajstić information content (AvgIpc) is 2.68. The number of alkyl halides is 3. The molecular formula is C20H21F3N2O4. The molecule has 1 aromatic heterocycles. The summed E-state index contributed by atoms with van der Waals surface area (Å²) < 4.78 is 46.5. The number of carbonyl (C=O) groups excluding carboxylic acids is 2. The van der Waals surface area contributed by atoms with Crippen molar-refractivity contribution in [2.45, 2.75) is 32.5 Å². The standard InChI is InChI=1S/C20H21F3N2O4/c1-14(26)2-3-15-4-6-17(7-5-15)28-12-18(27)25-11-16-8-9-24-19(10-16)29-13-20(21,22)23/h4-10H,2-3,11-13H2,1H3,(H,25,27). The van der Waals surface area contributed by atoms with Crippen molar-refractivity contribution in [1.29, 1.82) is 0 Å². The molecule has 0 saturated heterocycles. The van der Waals surface area contributed by atoms with Crippen LogP contribution >= 0.6 is 0 Å². The number of hydrogen-bond donors (Lipinski definition) is 1. The Kier molecular flexibility index (Phi) is 7.99. The first kappa shape index (κ1) is 22.2. The van der Waals surface area contributed by atoms with E-state index in [1.165, 1.54) is 12.3 Å². The molecule has 1 amide bonds. The molecular weight excluding hydrogens is 389 g/mol. The summed E-state index contributed by atoms with van der Waals surface area (Å²) in [5, 5.41) is 2.61. The van der Waals surface area contributed by atoms with Crippen molar-refractivity contribution in [3.63, 3.8) is 0 Å². The SMILES string of the molecule is CC(=O)CCc1ccc(OCC(=O)NCc2ccnc(OCC(F)(F)F)c2)cc1. The van der Waals surface area contributed by atoms with Gasteiger partial charge in [0.15, 0.2) is 13.2 Å². The molecule has 6 nitrogen and oxygen atoms in total. The Balaban J connectivity index is 1.75. The number of Topliss-reactive ketones (excluding diaryl/α,β-unsaturated/α-hetero) is 1. The number of hydrogen-bond acceptors (Lipinski definition) is 5. The smallest absolute Gasteiger partial charge is 0.422 e. The lowest BCUT2D eigenvalue weighted by Crippen LogP contribution is -2.28. The summed E-state index contributed by atoms with van der Waals surface area (Å²) in [6, 6.07) is 9.98. The first-order chi connectivity index (χ1) is 13.7. The van der Waals surface area contributed by atoms with Gasteiger partial charge in [-0.25, -0.2) is 4.98 Å². The second kappa shape index (κ2) is 10.4. The van der Waals surface area contributed by atoms with Crippen LogP contribution in [0, 0.1) is 0 Å². The van der Waals surface area contributed by atoms with Gasteiger partial charge in [-0.15, -0.1) is 0 Å². The summed E-state index contributed by atoms with van der Waals surface area (Å²) in [5.74, 6) is 0.0733. The molecule has 29 heavy (non-hydrogen) atoms. The van der Waals surface area contributed by atoms with Gasteiger partial charge in [-0.1, -0.05) is 12.1 Å². The molecule has 2 aromatic rings. The fourth-order valence-electron chi connectivity index (χ4n) is 2.27. The maximum Gasteiger partial charge on any atom is 0.422 e. The minimum Gasteiger partial charge on any atom is -0.484 e. The summed E-state index contributed by atoms with van der Waals surface area (Å²) in [7, 11) is 0. The Hall–Kier alpha value is -3.10. The first-order valence-electron chi connectivity index (χ1n) is 8.83. The molecule has 0 spiro atoms. The highest BCUT2D eigenvalue weighted by molar-refractivity contribution is 5.77. The van der Waals surface area contributed by atoms with E-state index in [0.29, 0.717) is 24.2 Å². The number of benzene rings is 1. The van der Waals surface area contributed by atoms with Crippen LogP contribution in [0.4, 0.5) is 13.2 Å². The normalized spacial score (nSPS) is 11.0. The lowest BCUT2D eigenvalue weighted by molar-refractivity contribution is -0.154. The molecule has 0 aliphatic carbocycles. The number of nitrogens with one attached hydrogen (secondary N) is 1. The van der Waals surface area contributed by atoms with Crippen LogP contribution in [0.15, 0.2) is 42.6 Å². The Bertz CT molecular complexity index is 823. The van der Waals surface area contributed by atoms with Crippen LogP contribution in [0.25, 0.3) is 0 Å². The van der Waals surface area contributed by atoms with Crippen LogP contribution < -0.4 is 14.8 Å². The third-order valence-corrected chi connectivity index (χ3v) is 3.73. The van der Waals surface area contributed by atoms with Crippen LogP contribution in [-0.2, 0) is 22.6 Å². The molecule has 1 heterocycles. The van der Waals surface area contributed by atoms with Crippen LogP contribution in [0.5, 0.6) is 11.6 Å². The van der Waals surface area contributed by atoms with Crippen molar-refractivity contribution in [3.05, 3.63) is 53.7 Å². The lowest BCUT2D eigenvalue weighted by Gasteiger charge is -2.10. The van der Waals surface area contributed by atoms with Gasteiger partial charge in [0.2, 0.25) is 5.88 Å². The van der Waals surface area contributed by atoms with E-state index in [9.17, 15) is 22.8 Å². The number of nitrogens with zero attached hydrogens (tertiary/aromatic N) is 1. The van der Waals surface area contributed by atoms with E-state index in [0.717, 1.165) is 5.56 Å². The molecule has 0 radical (unpaired) electrons. The van der Waals surface area contributed by atoms with E-state index in [4.69, 9.17) is 4.74 Å². The molecule has 0 aliphatic rings. The lowest BCUT2D eigenvalue weighted by atomic mass is 10.1. The quantitative estimate of drug-likeness (QED) is 0.651. The van der Waals surface area contributed by atoms with Crippen molar-refractivity contribution in [1.82, 2.24) is 10.3 Å². The number of carbonyl (C=O) groups is 2. The zero-order valence-corrected chi connectivity index (χ0v) is 15.8. The van der Waals surface area contributed by atoms with Gasteiger partial charge in [-0.3, -0.25) is 4.79 Å². The Morgan fingerprint density at radius 3 is 2.45 bits per heavy atom. The predicted octanol–water partition coefficient (Wildman–Crippen LogP) is 3.24. The minimum absolute atomic E-state index is 0.0943. The minimum atomic E-state index is -4.45. The van der Waals surface area contributed by atoms with E-state index in [1.807, 2.05) is 12.1 Å². The Morgan fingerprint density at radius 1 is 1.07 bits per heavy atom. The topological polar surface area (TPSA) is 77.5 Å². The maximum atomic E-state index is 12.2. The monoisotopic (exact) mass is 410 g/mol. The van der Waals surface area contributed by atoms with Crippen molar-refractivity contribution in [2.24, 2.45) is 0 Å². The summed E-state index contributed by atoms with van der Waals surface area (Å²) in [4.78, 5) is 26.6. The Labute approximate surface area is 166 Å². The number of ketones is 1. The zero-order valence-electron chi connectivity index (χ0n) is 15.8. The first-order valence-corrected chi connectivity index (χ1v) is 8.83. The molecule has 156 valence electrons. The highest BCUT2D eigenvalue weighted by atomic mass is 19.4. The van der Waals surface area contributed by atoms with Gasteiger partial charge in [0, 0.05) is 25.2 Å². The summed E-state index contributed by atoms with van der Waals surface area (Å²) in [6.45, 7) is -0.0119. The molecule has 9 heteroatoms. The van der Waals surface area contributed by atoms with Gasteiger partial charge < -0.3 is 19.6 Å². The summed E-state index contributed by atoms with van der Waals surface area (Å²) >= 11 is 0.